The standard InChI is InChI=1S/C38H52F2N4O9/c1-25(2)32(44-35(47)31(24-51-4)43-37(49)53-22-28-18-12-7-13-19-28)38(39,40)33(45)29(20-26-14-8-5-9-15-26)41-34(46)30(23-50-3)42-36(48)52-21-27-16-10-6-11-17-27/h6-7,10-13,16-19,25-26,29-32H,5,8-9,14-15,20-24H2,1-4H3,(H,41,46)(H,42,48)(H,43,49)(H,44,47)/t29?,30-,31-,32?/m0/s1. The van der Waals surface area contributed by atoms with Crippen LogP contribution in [0, 0.1) is 11.8 Å². The highest BCUT2D eigenvalue weighted by molar-refractivity contribution is 5.96. The summed E-state index contributed by atoms with van der Waals surface area (Å²) in [6.07, 6.45) is 2.05. The third-order valence-corrected chi connectivity index (χ3v) is 8.92. The first-order valence-corrected chi connectivity index (χ1v) is 17.8. The Kier molecular flexibility index (Phi) is 17.6. The number of amides is 4. The van der Waals surface area contributed by atoms with Crippen LogP contribution >= 0.6 is 0 Å². The van der Waals surface area contributed by atoms with Crippen molar-refractivity contribution in [1.82, 2.24) is 21.3 Å². The Morgan fingerprint density at radius 1 is 0.679 bits per heavy atom. The van der Waals surface area contributed by atoms with Crippen LogP contribution < -0.4 is 21.3 Å². The Morgan fingerprint density at radius 2 is 1.13 bits per heavy atom. The number of carbonyl (C=O) groups excluding carboxylic acids is 5. The van der Waals surface area contributed by atoms with Crippen LogP contribution in [-0.4, -0.2) is 87.3 Å². The Bertz CT molecular complexity index is 1460. The maximum absolute atomic E-state index is 16.4. The van der Waals surface area contributed by atoms with E-state index < -0.39 is 65.8 Å². The number of methoxy groups -OCH3 is 2. The summed E-state index contributed by atoms with van der Waals surface area (Å²) in [7, 11) is 2.56. The molecule has 2 aromatic rings. The van der Waals surface area contributed by atoms with Crippen LogP contribution in [0.25, 0.3) is 0 Å². The number of benzene rings is 2. The van der Waals surface area contributed by atoms with Crippen LogP contribution in [0.1, 0.15) is 63.5 Å². The van der Waals surface area contributed by atoms with E-state index >= 15 is 8.78 Å². The number of alkyl carbamates (subject to hydrolysis) is 2. The summed E-state index contributed by atoms with van der Waals surface area (Å²) in [6, 6.07) is 11.1. The maximum atomic E-state index is 16.4. The first kappa shape index (κ1) is 42.8. The molecule has 4 amide bonds. The lowest BCUT2D eigenvalue weighted by atomic mass is 9.82. The number of nitrogens with one attached hydrogen (secondary N) is 4. The van der Waals surface area contributed by atoms with Crippen LogP contribution in [0.15, 0.2) is 60.7 Å². The Balaban J connectivity index is 1.75. The fourth-order valence-electron chi connectivity index (χ4n) is 6.09. The molecule has 53 heavy (non-hydrogen) atoms. The maximum Gasteiger partial charge on any atom is 0.408 e. The molecule has 0 aliphatic heterocycles. The summed E-state index contributed by atoms with van der Waals surface area (Å²) in [4.78, 5) is 65.9. The minimum absolute atomic E-state index is 0.0712. The lowest BCUT2D eigenvalue weighted by Crippen LogP contribution is -2.63. The highest BCUT2D eigenvalue weighted by atomic mass is 19.3. The van der Waals surface area contributed by atoms with Crippen LogP contribution in [0.5, 0.6) is 0 Å². The molecule has 0 bridgehead atoms. The topological polar surface area (TPSA) is 170 Å². The smallest absolute Gasteiger partial charge is 0.408 e. The van der Waals surface area contributed by atoms with Crippen molar-refractivity contribution >= 4 is 29.8 Å². The molecule has 1 fully saturated rings. The average molecular weight is 747 g/mol. The molecule has 292 valence electrons. The second kappa shape index (κ2) is 21.8. The fourth-order valence-corrected chi connectivity index (χ4v) is 6.09. The summed E-state index contributed by atoms with van der Waals surface area (Å²) in [6.45, 7) is 1.93. The third kappa shape index (κ3) is 14.0. The number of hydrogen-bond acceptors (Lipinski definition) is 9. The number of alkyl halides is 2. The van der Waals surface area contributed by atoms with Gasteiger partial charge < -0.3 is 40.2 Å². The summed E-state index contributed by atoms with van der Waals surface area (Å²) >= 11 is 0. The van der Waals surface area contributed by atoms with E-state index in [-0.39, 0.29) is 38.8 Å². The highest BCUT2D eigenvalue weighted by Crippen LogP contribution is 2.32. The van der Waals surface area contributed by atoms with Crippen molar-refractivity contribution < 1.29 is 51.7 Å². The molecule has 1 aliphatic rings. The normalized spacial score (nSPS) is 15.7. The van der Waals surface area contributed by atoms with Crippen molar-refractivity contribution in [1.29, 1.82) is 0 Å². The van der Waals surface area contributed by atoms with Crippen molar-refractivity contribution in [3.63, 3.8) is 0 Å². The number of halogens is 2. The van der Waals surface area contributed by atoms with Crippen LogP contribution in [0.4, 0.5) is 18.4 Å². The average Bonchev–Trinajstić information content (AvgIpc) is 3.15. The van der Waals surface area contributed by atoms with Crippen molar-refractivity contribution in [3.05, 3.63) is 71.8 Å². The van der Waals surface area contributed by atoms with E-state index in [0.717, 1.165) is 19.3 Å². The van der Waals surface area contributed by atoms with E-state index in [0.29, 0.717) is 24.0 Å². The zero-order valence-electron chi connectivity index (χ0n) is 30.7. The molecule has 0 heterocycles. The van der Waals surface area contributed by atoms with Crippen molar-refractivity contribution in [3.8, 4) is 0 Å². The summed E-state index contributed by atoms with van der Waals surface area (Å²) in [5.41, 5.74) is 1.39. The van der Waals surface area contributed by atoms with Gasteiger partial charge in [-0.25, -0.2) is 9.59 Å². The van der Waals surface area contributed by atoms with Gasteiger partial charge in [0.25, 0.3) is 0 Å². The van der Waals surface area contributed by atoms with Crippen LogP contribution in [0.2, 0.25) is 0 Å². The summed E-state index contributed by atoms with van der Waals surface area (Å²) in [5, 5.41) is 9.42. The molecule has 0 spiro atoms. The largest absolute Gasteiger partial charge is 0.445 e. The van der Waals surface area contributed by atoms with Crippen molar-refractivity contribution in [2.75, 3.05) is 27.4 Å². The van der Waals surface area contributed by atoms with Gasteiger partial charge in [0.2, 0.25) is 17.6 Å². The molecule has 0 saturated heterocycles. The number of ketones is 1. The zero-order valence-corrected chi connectivity index (χ0v) is 30.7. The van der Waals surface area contributed by atoms with Gasteiger partial charge in [-0.3, -0.25) is 14.4 Å². The van der Waals surface area contributed by atoms with E-state index in [1.165, 1.54) is 28.1 Å². The SMILES string of the molecule is COC[C@H](NC(=O)OCc1ccccc1)C(=O)NC(CC1CCCCC1)C(=O)C(F)(F)C(NC(=O)[C@H](COC)NC(=O)OCc1ccccc1)C(C)C. The molecule has 0 aromatic heterocycles. The van der Waals surface area contributed by atoms with Crippen molar-refractivity contribution in [2.24, 2.45) is 11.8 Å². The lowest BCUT2D eigenvalue weighted by molar-refractivity contribution is -0.155. The fraction of sp³-hybridized carbons (Fsp3) is 0.553. The van der Waals surface area contributed by atoms with Gasteiger partial charge in [-0.1, -0.05) is 107 Å². The Hall–Kier alpha value is -4.63. The monoisotopic (exact) mass is 746 g/mol. The predicted molar refractivity (Wildman–Crippen MR) is 191 cm³/mol. The molecule has 15 heteroatoms. The summed E-state index contributed by atoms with van der Waals surface area (Å²) in [5.74, 6) is -8.82. The van der Waals surface area contributed by atoms with Gasteiger partial charge in [0, 0.05) is 14.2 Å². The van der Waals surface area contributed by atoms with E-state index in [1.807, 2.05) is 0 Å². The number of Topliss-reactive ketones (excluding diaryl/α,β-unsaturated/α-hetero) is 1. The van der Waals surface area contributed by atoms with E-state index in [9.17, 15) is 24.0 Å². The molecular formula is C38H52F2N4O9. The van der Waals surface area contributed by atoms with Gasteiger partial charge in [-0.2, -0.15) is 8.78 Å². The quantitative estimate of drug-likeness (QED) is 0.150. The Morgan fingerprint density at radius 3 is 1.57 bits per heavy atom. The van der Waals surface area contributed by atoms with Gasteiger partial charge in [0.15, 0.2) is 0 Å². The van der Waals surface area contributed by atoms with Crippen LogP contribution in [-0.2, 0) is 46.5 Å². The molecule has 1 saturated carbocycles. The molecule has 2 unspecified atom stereocenters. The van der Waals surface area contributed by atoms with E-state index in [1.54, 1.807) is 60.7 Å². The van der Waals surface area contributed by atoms with Gasteiger partial charge in [0.1, 0.15) is 31.3 Å². The van der Waals surface area contributed by atoms with Gasteiger partial charge in [-0.05, 0) is 29.4 Å². The van der Waals surface area contributed by atoms with Crippen molar-refractivity contribution in [2.45, 2.75) is 95.7 Å². The van der Waals surface area contributed by atoms with Gasteiger partial charge in [-0.15, -0.1) is 0 Å². The Labute approximate surface area is 309 Å². The first-order valence-electron chi connectivity index (χ1n) is 17.8. The lowest BCUT2D eigenvalue weighted by Gasteiger charge is -2.35. The molecule has 4 N–H and O–H groups in total. The highest BCUT2D eigenvalue weighted by Gasteiger charge is 2.52. The third-order valence-electron chi connectivity index (χ3n) is 8.92. The van der Waals surface area contributed by atoms with Crippen LogP contribution in [0.3, 0.4) is 0 Å². The van der Waals surface area contributed by atoms with Gasteiger partial charge >= 0.3 is 18.1 Å². The molecule has 1 aliphatic carbocycles. The number of ether oxygens (including phenoxy) is 4. The summed E-state index contributed by atoms with van der Waals surface area (Å²) < 4.78 is 53.4. The number of rotatable bonds is 20. The minimum Gasteiger partial charge on any atom is -0.445 e. The molecule has 3 rings (SSSR count). The first-order chi connectivity index (χ1) is 25.3. The van der Waals surface area contributed by atoms with Gasteiger partial charge in [0.05, 0.1) is 19.3 Å². The molecular weight excluding hydrogens is 694 g/mol. The van der Waals surface area contributed by atoms with E-state index in [4.69, 9.17) is 18.9 Å². The minimum atomic E-state index is -4.18. The van der Waals surface area contributed by atoms with E-state index in [2.05, 4.69) is 21.3 Å². The number of hydrogen-bond donors (Lipinski definition) is 4. The second-order valence-corrected chi connectivity index (χ2v) is 13.4. The molecule has 4 atom stereocenters. The zero-order chi connectivity index (χ0) is 38.8. The molecule has 13 nitrogen and oxygen atoms in total. The molecule has 0 radical (unpaired) electrons. The second-order valence-electron chi connectivity index (χ2n) is 13.4. The molecule has 2 aromatic carbocycles. The predicted octanol–water partition coefficient (Wildman–Crippen LogP) is 4.67. The number of carbonyl (C=O) groups is 5.